The summed E-state index contributed by atoms with van der Waals surface area (Å²) < 4.78 is 0. The molecular formula is C15H20N2O2. The van der Waals surface area contributed by atoms with E-state index in [1.807, 2.05) is 26.8 Å². The lowest BCUT2D eigenvalue weighted by atomic mass is 10.0. The lowest BCUT2D eigenvalue weighted by molar-refractivity contribution is 0.0692. The Morgan fingerprint density at radius 1 is 1.37 bits per heavy atom. The van der Waals surface area contributed by atoms with Gasteiger partial charge >= 0.3 is 5.97 Å². The van der Waals surface area contributed by atoms with E-state index < -0.39 is 5.97 Å². The molecular weight excluding hydrogens is 240 g/mol. The van der Waals surface area contributed by atoms with Crippen molar-refractivity contribution in [3.05, 3.63) is 48.7 Å². The van der Waals surface area contributed by atoms with Crippen molar-refractivity contribution in [2.45, 2.75) is 20.8 Å². The molecule has 2 rings (SSSR count). The molecule has 0 aliphatic carbocycles. The van der Waals surface area contributed by atoms with Crippen LogP contribution in [-0.2, 0) is 0 Å². The topological polar surface area (TPSA) is 66.0 Å². The molecule has 4 nitrogen and oxygen atoms in total. The molecule has 1 aromatic carbocycles. The second-order valence-electron chi connectivity index (χ2n) is 3.30. The molecule has 0 aliphatic heterocycles. The van der Waals surface area contributed by atoms with Crippen LogP contribution in [0.5, 0.6) is 0 Å². The predicted octanol–water partition coefficient (Wildman–Crippen LogP) is 4.04. The summed E-state index contributed by atoms with van der Waals surface area (Å²) in [6.07, 6.45) is 1.68. The third kappa shape index (κ3) is 3.31. The predicted molar refractivity (Wildman–Crippen MR) is 80.5 cm³/mol. The zero-order valence-corrected chi connectivity index (χ0v) is 11.7. The molecule has 0 atom stereocenters. The average Bonchev–Trinajstić information content (AvgIpc) is 2.87. The Balaban J connectivity index is 0.000000741. The van der Waals surface area contributed by atoms with Gasteiger partial charge in [0.1, 0.15) is 5.52 Å². The van der Waals surface area contributed by atoms with Gasteiger partial charge in [-0.3, -0.25) is 5.10 Å². The van der Waals surface area contributed by atoms with Gasteiger partial charge in [0.2, 0.25) is 0 Å². The lowest BCUT2D eigenvalue weighted by Crippen LogP contribution is -1.96. The number of rotatable bonds is 2. The molecule has 19 heavy (non-hydrogen) atoms. The summed E-state index contributed by atoms with van der Waals surface area (Å²) in [5.41, 5.74) is 2.67. The Labute approximate surface area is 113 Å². The highest BCUT2D eigenvalue weighted by molar-refractivity contribution is 6.03. The maximum Gasteiger partial charge on any atom is 0.354 e. The van der Waals surface area contributed by atoms with Gasteiger partial charge in [-0.15, -0.1) is 13.2 Å². The zero-order chi connectivity index (χ0) is 15.0. The average molecular weight is 260 g/mol. The Morgan fingerprint density at radius 3 is 2.42 bits per heavy atom. The van der Waals surface area contributed by atoms with Gasteiger partial charge in [0.25, 0.3) is 0 Å². The Kier molecular flexibility index (Phi) is 6.89. The van der Waals surface area contributed by atoms with Crippen molar-refractivity contribution in [3.63, 3.8) is 0 Å². The van der Waals surface area contributed by atoms with Gasteiger partial charge in [-0.2, -0.15) is 5.10 Å². The second-order valence-corrected chi connectivity index (χ2v) is 3.30. The molecule has 0 saturated carbocycles. The summed E-state index contributed by atoms with van der Waals surface area (Å²) >= 11 is 0. The number of carbonyl (C=O) groups is 1. The Bertz CT molecular complexity index is 571. The van der Waals surface area contributed by atoms with Crippen LogP contribution in [0.15, 0.2) is 31.9 Å². The van der Waals surface area contributed by atoms with Crippen molar-refractivity contribution in [1.82, 2.24) is 10.2 Å². The van der Waals surface area contributed by atoms with Crippen molar-refractivity contribution in [1.29, 1.82) is 0 Å². The van der Waals surface area contributed by atoms with Gasteiger partial charge in [0, 0.05) is 10.9 Å². The number of nitrogens with one attached hydrogen (secondary N) is 1. The fraction of sp³-hybridized carbons (Fsp3) is 0.200. The molecule has 0 fully saturated rings. The largest absolute Gasteiger partial charge is 0.477 e. The summed E-state index contributed by atoms with van der Waals surface area (Å²) in [6.45, 7) is 15.6. The lowest BCUT2D eigenvalue weighted by Gasteiger charge is -2.00. The number of H-pyrrole nitrogens is 1. The third-order valence-electron chi connectivity index (χ3n) is 2.40. The zero-order valence-electron chi connectivity index (χ0n) is 11.7. The van der Waals surface area contributed by atoms with E-state index in [0.29, 0.717) is 10.9 Å². The number of hydrogen-bond acceptors (Lipinski definition) is 2. The van der Waals surface area contributed by atoms with Crippen LogP contribution < -0.4 is 0 Å². The van der Waals surface area contributed by atoms with Crippen LogP contribution in [0.25, 0.3) is 17.0 Å². The first-order valence-corrected chi connectivity index (χ1v) is 5.98. The normalized spacial score (nSPS) is 8.79. The molecule has 1 aromatic heterocycles. The van der Waals surface area contributed by atoms with Crippen molar-refractivity contribution >= 4 is 22.9 Å². The number of aromatic carboxylic acids is 1. The molecule has 4 heteroatoms. The molecule has 2 N–H and O–H groups in total. The minimum Gasteiger partial charge on any atom is -0.477 e. The molecule has 1 heterocycles. The number of hydrogen-bond donors (Lipinski definition) is 2. The van der Waals surface area contributed by atoms with Gasteiger partial charge < -0.3 is 5.11 Å². The van der Waals surface area contributed by atoms with Crippen LogP contribution in [0.2, 0.25) is 0 Å². The number of aromatic nitrogens is 2. The number of benzene rings is 1. The van der Waals surface area contributed by atoms with Gasteiger partial charge in [0.15, 0.2) is 5.69 Å². The first kappa shape index (κ1) is 16.6. The smallest absolute Gasteiger partial charge is 0.354 e. The number of nitrogens with zero attached hydrogens (tertiary/aromatic N) is 1. The van der Waals surface area contributed by atoms with Crippen LogP contribution in [0.4, 0.5) is 0 Å². The van der Waals surface area contributed by atoms with Crippen LogP contribution in [0.1, 0.15) is 35.5 Å². The fourth-order valence-corrected chi connectivity index (χ4v) is 1.62. The summed E-state index contributed by atoms with van der Waals surface area (Å²) in [5.74, 6) is -1.00. The highest BCUT2D eigenvalue weighted by atomic mass is 16.4. The van der Waals surface area contributed by atoms with Crippen LogP contribution >= 0.6 is 0 Å². The monoisotopic (exact) mass is 260 g/mol. The summed E-state index contributed by atoms with van der Waals surface area (Å²) in [5, 5.41) is 16.0. The maximum absolute atomic E-state index is 10.9. The number of carboxylic acids is 1. The van der Waals surface area contributed by atoms with Crippen molar-refractivity contribution in [3.8, 4) is 0 Å². The van der Waals surface area contributed by atoms with Crippen molar-refractivity contribution in [2.24, 2.45) is 0 Å². The molecule has 0 radical (unpaired) electrons. The Morgan fingerprint density at radius 2 is 1.95 bits per heavy atom. The van der Waals surface area contributed by atoms with Gasteiger partial charge in [-0.25, -0.2) is 4.79 Å². The molecule has 0 saturated heterocycles. The molecule has 0 unspecified atom stereocenters. The van der Waals surface area contributed by atoms with E-state index >= 15 is 0 Å². The van der Waals surface area contributed by atoms with Crippen LogP contribution in [-0.4, -0.2) is 21.3 Å². The molecule has 0 spiro atoms. The van der Waals surface area contributed by atoms with E-state index in [4.69, 9.17) is 5.11 Å². The van der Waals surface area contributed by atoms with Crippen molar-refractivity contribution in [2.75, 3.05) is 0 Å². The highest BCUT2D eigenvalue weighted by Gasteiger charge is 2.14. The van der Waals surface area contributed by atoms with E-state index in [1.165, 1.54) is 0 Å². The van der Waals surface area contributed by atoms with E-state index in [0.717, 1.165) is 11.1 Å². The standard InChI is InChI=1S/C11H10N2O2.C2H6.C2H4/c1-3-7-6(2)4-5-8-9(7)12-13-10(8)11(14)15;2*1-2/h3-5H,1H2,2H3,(H,12,13)(H,14,15);1-2H3;1-2H2. The number of carboxylic acid groups (broad SMARTS) is 1. The van der Waals surface area contributed by atoms with Crippen LogP contribution in [0.3, 0.4) is 0 Å². The molecule has 0 aliphatic rings. The van der Waals surface area contributed by atoms with Gasteiger partial charge in [-0.05, 0) is 12.5 Å². The minimum atomic E-state index is -1.00. The first-order valence-electron chi connectivity index (χ1n) is 5.98. The SMILES string of the molecule is C=C.C=Cc1c(C)ccc2c(C(=O)O)[nH]nc12.CC. The molecule has 0 bridgehead atoms. The number of aromatic amines is 1. The molecule has 2 aromatic rings. The number of fused-ring (bicyclic) bond motifs is 1. The van der Waals surface area contributed by atoms with Gasteiger partial charge in [0.05, 0.1) is 0 Å². The minimum absolute atomic E-state index is 0.119. The maximum atomic E-state index is 10.9. The van der Waals surface area contributed by atoms with E-state index in [9.17, 15) is 4.79 Å². The highest BCUT2D eigenvalue weighted by Crippen LogP contribution is 2.23. The quantitative estimate of drug-likeness (QED) is 0.801. The first-order chi connectivity index (χ1) is 9.15. The molecule has 102 valence electrons. The number of aryl methyl sites for hydroxylation is 1. The van der Waals surface area contributed by atoms with Crippen molar-refractivity contribution < 1.29 is 9.90 Å². The van der Waals surface area contributed by atoms with E-state index in [1.54, 1.807) is 12.1 Å². The second kappa shape index (κ2) is 7.87. The molecule has 0 amide bonds. The summed E-state index contributed by atoms with van der Waals surface area (Å²) in [4.78, 5) is 10.9. The van der Waals surface area contributed by atoms with Crippen LogP contribution in [0, 0.1) is 6.92 Å². The Hall–Kier alpha value is -2.36. The van der Waals surface area contributed by atoms with E-state index in [2.05, 4.69) is 29.9 Å². The summed E-state index contributed by atoms with van der Waals surface area (Å²) in [6, 6.07) is 3.62. The fourth-order valence-electron chi connectivity index (χ4n) is 1.62. The van der Waals surface area contributed by atoms with E-state index in [-0.39, 0.29) is 5.69 Å². The van der Waals surface area contributed by atoms with Gasteiger partial charge in [-0.1, -0.05) is 38.6 Å². The third-order valence-corrected chi connectivity index (χ3v) is 2.40. The summed E-state index contributed by atoms with van der Waals surface area (Å²) in [7, 11) is 0.